The normalized spacial score (nSPS) is 15.4. The number of halogens is 3. The van der Waals surface area contributed by atoms with E-state index in [1.54, 1.807) is 24.3 Å². The Bertz CT molecular complexity index is 869. The van der Waals surface area contributed by atoms with Crippen LogP contribution in [0.25, 0.3) is 10.9 Å². The summed E-state index contributed by atoms with van der Waals surface area (Å²) in [6.07, 6.45) is 9.70. The quantitative estimate of drug-likeness (QED) is 0.263. The number of fused-ring (bicyclic) bond motifs is 3. The summed E-state index contributed by atoms with van der Waals surface area (Å²) in [6.45, 7) is 8.62. The van der Waals surface area contributed by atoms with E-state index in [1.807, 2.05) is 0 Å². The fourth-order valence-corrected chi connectivity index (χ4v) is 4.67. The average molecular weight is 484 g/mol. The van der Waals surface area contributed by atoms with Crippen molar-refractivity contribution in [3.05, 3.63) is 71.5 Å². The van der Waals surface area contributed by atoms with Crippen LogP contribution in [-0.2, 0) is 19.4 Å². The lowest BCUT2D eigenvalue weighted by Crippen LogP contribution is -2.13. The SMILES string of the molecule is C=C/C(C)=C\C=C(/CBr)C(F)(F)PO.CCn1c2c(c3ccccc31)CCCC2. The summed E-state index contributed by atoms with van der Waals surface area (Å²) in [5, 5.41) is 1.53. The van der Waals surface area contributed by atoms with E-state index in [-0.39, 0.29) is 10.9 Å². The summed E-state index contributed by atoms with van der Waals surface area (Å²) in [4.78, 5) is 8.49. The molecule has 0 radical (unpaired) electrons. The molecule has 2 aromatic rings. The molecule has 29 heavy (non-hydrogen) atoms. The lowest BCUT2D eigenvalue weighted by molar-refractivity contribution is 0.135. The topological polar surface area (TPSA) is 25.2 Å². The third-order valence-electron chi connectivity index (χ3n) is 5.16. The van der Waals surface area contributed by atoms with E-state index in [0.717, 1.165) is 12.1 Å². The molecular weight excluding hydrogens is 455 g/mol. The largest absolute Gasteiger partial charge is 0.370 e. The van der Waals surface area contributed by atoms with Gasteiger partial charge in [-0.3, -0.25) is 0 Å². The van der Waals surface area contributed by atoms with Gasteiger partial charge in [0, 0.05) is 34.0 Å². The van der Waals surface area contributed by atoms with E-state index in [4.69, 9.17) is 4.89 Å². The van der Waals surface area contributed by atoms with Crippen molar-refractivity contribution in [1.29, 1.82) is 0 Å². The van der Waals surface area contributed by atoms with Crippen LogP contribution in [-0.4, -0.2) is 20.5 Å². The standard InChI is InChI=1S/C14H17N.C9H12BrF2OP/c1-2-15-13-9-5-3-7-11(13)12-8-4-6-10-14(12)15;1-3-7(2)4-5-8(6-10)9(11,12)14-13/h3,5,7,9H,2,4,6,8,10H2,1H3;3-5,13-14H,1,6H2,2H3/b;7-4-,8-5+. The Morgan fingerprint density at radius 2 is 1.97 bits per heavy atom. The van der Waals surface area contributed by atoms with Crippen LogP contribution in [0.5, 0.6) is 0 Å². The number of hydrogen-bond donors (Lipinski definition) is 1. The second kappa shape index (κ2) is 11.2. The van der Waals surface area contributed by atoms with Gasteiger partial charge in [0.25, 0.3) is 0 Å². The van der Waals surface area contributed by atoms with Gasteiger partial charge in [0.05, 0.1) is 8.81 Å². The second-order valence-electron chi connectivity index (χ2n) is 7.02. The number of allylic oxidation sites excluding steroid dienone is 5. The molecule has 1 unspecified atom stereocenters. The van der Waals surface area contributed by atoms with Crippen molar-refractivity contribution >= 4 is 35.6 Å². The first-order chi connectivity index (χ1) is 13.9. The average Bonchev–Trinajstić information content (AvgIpc) is 3.08. The van der Waals surface area contributed by atoms with E-state index in [2.05, 4.69) is 58.3 Å². The van der Waals surface area contributed by atoms with Crippen molar-refractivity contribution in [3.63, 3.8) is 0 Å². The van der Waals surface area contributed by atoms with Gasteiger partial charge in [-0.1, -0.05) is 64.5 Å². The number of alkyl halides is 3. The Hall–Kier alpha value is -1.29. The smallest absolute Gasteiger partial charge is 0.308 e. The second-order valence-corrected chi connectivity index (χ2v) is 8.43. The first-order valence-corrected chi connectivity index (χ1v) is 11.9. The van der Waals surface area contributed by atoms with Crippen LogP contribution in [0.1, 0.15) is 37.9 Å². The number of aryl methyl sites for hydroxylation is 2. The van der Waals surface area contributed by atoms with Crippen LogP contribution in [0.3, 0.4) is 0 Å². The molecule has 2 nitrogen and oxygen atoms in total. The predicted molar refractivity (Wildman–Crippen MR) is 126 cm³/mol. The Morgan fingerprint density at radius 3 is 2.59 bits per heavy atom. The summed E-state index contributed by atoms with van der Waals surface area (Å²) in [5.74, 6) is 0. The lowest BCUT2D eigenvalue weighted by atomic mass is 9.96. The molecule has 0 spiro atoms. The number of rotatable bonds is 6. The van der Waals surface area contributed by atoms with Crippen LogP contribution >= 0.6 is 24.7 Å². The zero-order valence-corrected chi connectivity index (χ0v) is 19.6. The molecule has 1 atom stereocenters. The van der Waals surface area contributed by atoms with Gasteiger partial charge >= 0.3 is 5.66 Å². The van der Waals surface area contributed by atoms with Crippen molar-refractivity contribution in [1.82, 2.24) is 4.57 Å². The van der Waals surface area contributed by atoms with E-state index in [1.165, 1.54) is 48.7 Å². The van der Waals surface area contributed by atoms with Crippen molar-refractivity contribution in [3.8, 4) is 0 Å². The highest BCUT2D eigenvalue weighted by Gasteiger charge is 2.32. The highest BCUT2D eigenvalue weighted by atomic mass is 79.9. The number of para-hydroxylation sites is 1. The molecule has 1 aromatic heterocycles. The highest BCUT2D eigenvalue weighted by molar-refractivity contribution is 9.09. The molecule has 1 aliphatic rings. The maximum atomic E-state index is 13.0. The van der Waals surface area contributed by atoms with E-state index in [9.17, 15) is 8.78 Å². The molecule has 1 aromatic carbocycles. The van der Waals surface area contributed by atoms with E-state index in [0.29, 0.717) is 0 Å². The predicted octanol–water partition coefficient (Wildman–Crippen LogP) is 7.16. The molecule has 0 aliphatic heterocycles. The third kappa shape index (κ3) is 5.87. The molecule has 0 saturated heterocycles. The van der Waals surface area contributed by atoms with Gasteiger partial charge in [-0.15, -0.1) is 0 Å². The molecule has 6 heteroatoms. The molecule has 1 heterocycles. The van der Waals surface area contributed by atoms with Crippen molar-refractivity contribution in [2.24, 2.45) is 0 Å². The maximum Gasteiger partial charge on any atom is 0.308 e. The third-order valence-corrected chi connectivity index (χ3v) is 6.36. The first kappa shape index (κ1) is 24.0. The Labute approximate surface area is 182 Å². The van der Waals surface area contributed by atoms with Crippen LogP contribution in [0.4, 0.5) is 8.78 Å². The molecule has 0 fully saturated rings. The van der Waals surface area contributed by atoms with E-state index < -0.39 is 14.5 Å². The van der Waals surface area contributed by atoms with Gasteiger partial charge in [-0.2, -0.15) is 8.78 Å². The van der Waals surface area contributed by atoms with Gasteiger partial charge in [0.15, 0.2) is 0 Å². The van der Waals surface area contributed by atoms with Crippen LogP contribution < -0.4 is 0 Å². The Balaban J connectivity index is 0.000000208. The summed E-state index contributed by atoms with van der Waals surface area (Å²) in [5.41, 5.74) is 2.18. The van der Waals surface area contributed by atoms with Gasteiger partial charge in [-0.25, -0.2) is 0 Å². The molecule has 0 bridgehead atoms. The van der Waals surface area contributed by atoms with Crippen molar-refractivity contribution in [2.45, 2.75) is 51.7 Å². The molecule has 0 saturated carbocycles. The molecule has 3 rings (SSSR count). The van der Waals surface area contributed by atoms with Gasteiger partial charge in [0.1, 0.15) is 0 Å². The highest BCUT2D eigenvalue weighted by Crippen LogP contribution is 2.39. The summed E-state index contributed by atoms with van der Waals surface area (Å²) < 4.78 is 28.5. The van der Waals surface area contributed by atoms with Gasteiger partial charge in [0.2, 0.25) is 0 Å². The summed E-state index contributed by atoms with van der Waals surface area (Å²) in [6, 6.07) is 8.86. The molecule has 0 amide bonds. The molecule has 1 aliphatic carbocycles. The van der Waals surface area contributed by atoms with Crippen molar-refractivity contribution < 1.29 is 13.7 Å². The van der Waals surface area contributed by atoms with Crippen LogP contribution in [0.15, 0.2) is 60.2 Å². The lowest BCUT2D eigenvalue weighted by Gasteiger charge is -2.14. The number of nitrogens with zero attached hydrogens (tertiary/aromatic N) is 1. The van der Waals surface area contributed by atoms with Crippen LogP contribution in [0, 0.1) is 0 Å². The summed E-state index contributed by atoms with van der Waals surface area (Å²) in [7, 11) is -1.41. The zero-order chi connectivity index (χ0) is 21.4. The monoisotopic (exact) mass is 483 g/mol. The maximum absolute atomic E-state index is 13.0. The molecule has 1 N–H and O–H groups in total. The molecular formula is C23H29BrF2NOP. The van der Waals surface area contributed by atoms with E-state index >= 15 is 0 Å². The Morgan fingerprint density at radius 1 is 1.28 bits per heavy atom. The van der Waals surface area contributed by atoms with Crippen molar-refractivity contribution in [2.75, 3.05) is 5.33 Å². The number of hydrogen-bond acceptors (Lipinski definition) is 1. The minimum absolute atomic E-state index is 0.0362. The fraction of sp³-hybridized carbons (Fsp3) is 0.391. The van der Waals surface area contributed by atoms with Gasteiger partial charge in [-0.05, 0) is 51.2 Å². The van der Waals surface area contributed by atoms with Crippen LogP contribution in [0.2, 0.25) is 0 Å². The van der Waals surface area contributed by atoms with Gasteiger partial charge < -0.3 is 9.46 Å². The Kier molecular flexibility index (Phi) is 9.26. The molecule has 158 valence electrons. The minimum Gasteiger partial charge on any atom is -0.370 e. The summed E-state index contributed by atoms with van der Waals surface area (Å²) >= 11 is 2.95. The fourth-order valence-electron chi connectivity index (χ4n) is 3.55. The first-order valence-electron chi connectivity index (χ1n) is 9.83. The number of benzene rings is 1. The minimum atomic E-state index is -3.14. The number of aromatic nitrogens is 1. The zero-order valence-electron chi connectivity index (χ0n) is 17.0.